The Hall–Kier alpha value is -0.270. The van der Waals surface area contributed by atoms with Gasteiger partial charge >= 0.3 is 0 Å². The van der Waals surface area contributed by atoms with E-state index in [4.69, 9.17) is 5.73 Å². The minimum absolute atomic E-state index is 0. The van der Waals surface area contributed by atoms with Crippen molar-refractivity contribution in [2.24, 2.45) is 5.73 Å². The summed E-state index contributed by atoms with van der Waals surface area (Å²) in [4.78, 5) is 1.33. The van der Waals surface area contributed by atoms with Gasteiger partial charge in [0.05, 0.1) is 4.90 Å². The van der Waals surface area contributed by atoms with Gasteiger partial charge in [0.2, 0.25) is 10.0 Å². The standard InChI is InChI=1S/C11H18N2O2S2.ClH/c1-9(12)7-8-13-17(14,15)11-5-3-10(16-2)4-6-11;/h3-6,9,13H,7-8,12H2,1-2H3;1H. The average Bonchev–Trinajstić information content (AvgIpc) is 2.28. The molecule has 18 heavy (non-hydrogen) atoms. The van der Waals surface area contributed by atoms with E-state index < -0.39 is 10.0 Å². The van der Waals surface area contributed by atoms with Crippen LogP contribution in [0.1, 0.15) is 13.3 Å². The van der Waals surface area contributed by atoms with Crippen LogP contribution >= 0.6 is 24.2 Å². The minimum Gasteiger partial charge on any atom is -0.328 e. The SMILES string of the molecule is CSc1ccc(S(=O)(=O)NCCC(C)N)cc1.Cl. The van der Waals surface area contributed by atoms with Gasteiger partial charge in [-0.05, 0) is 43.9 Å². The number of sulfonamides is 1. The number of hydrogen-bond acceptors (Lipinski definition) is 4. The summed E-state index contributed by atoms with van der Waals surface area (Å²) in [6, 6.07) is 6.81. The normalized spacial score (nSPS) is 12.8. The predicted octanol–water partition coefficient (Wildman–Crippen LogP) is 1.85. The molecule has 104 valence electrons. The number of rotatable bonds is 6. The fourth-order valence-corrected chi connectivity index (χ4v) is 2.72. The smallest absolute Gasteiger partial charge is 0.240 e. The highest BCUT2D eigenvalue weighted by Gasteiger charge is 2.13. The molecule has 0 saturated carbocycles. The fourth-order valence-electron chi connectivity index (χ4n) is 1.26. The molecule has 1 unspecified atom stereocenters. The molecule has 1 atom stereocenters. The van der Waals surface area contributed by atoms with Gasteiger partial charge in [-0.1, -0.05) is 0 Å². The number of halogens is 1. The Morgan fingerprint density at radius 1 is 1.33 bits per heavy atom. The van der Waals surface area contributed by atoms with Crippen LogP contribution in [0.25, 0.3) is 0 Å². The van der Waals surface area contributed by atoms with E-state index in [1.807, 2.05) is 13.2 Å². The van der Waals surface area contributed by atoms with Crippen molar-refractivity contribution < 1.29 is 8.42 Å². The van der Waals surface area contributed by atoms with E-state index in [-0.39, 0.29) is 18.4 Å². The van der Waals surface area contributed by atoms with Crippen LogP contribution in [0.3, 0.4) is 0 Å². The summed E-state index contributed by atoms with van der Waals surface area (Å²) in [5, 5.41) is 0. The lowest BCUT2D eigenvalue weighted by Crippen LogP contribution is -2.29. The lowest BCUT2D eigenvalue weighted by molar-refractivity contribution is 0.571. The molecule has 7 heteroatoms. The molecule has 4 nitrogen and oxygen atoms in total. The van der Waals surface area contributed by atoms with Gasteiger partial charge < -0.3 is 5.73 Å². The lowest BCUT2D eigenvalue weighted by Gasteiger charge is -2.08. The maximum Gasteiger partial charge on any atom is 0.240 e. The van der Waals surface area contributed by atoms with Crippen LogP contribution in [0.4, 0.5) is 0 Å². The third-order valence-electron chi connectivity index (χ3n) is 2.26. The molecule has 3 N–H and O–H groups in total. The maximum atomic E-state index is 11.9. The minimum atomic E-state index is -3.40. The molecule has 0 saturated heterocycles. The van der Waals surface area contributed by atoms with Crippen LogP contribution in [0, 0.1) is 0 Å². The quantitative estimate of drug-likeness (QED) is 0.787. The van der Waals surface area contributed by atoms with E-state index in [0.717, 1.165) is 4.90 Å². The van der Waals surface area contributed by atoms with Crippen LogP contribution < -0.4 is 10.5 Å². The highest BCUT2D eigenvalue weighted by Crippen LogP contribution is 2.17. The van der Waals surface area contributed by atoms with Crippen molar-refractivity contribution >= 4 is 34.2 Å². The Morgan fingerprint density at radius 3 is 2.33 bits per heavy atom. The van der Waals surface area contributed by atoms with E-state index in [1.54, 1.807) is 36.0 Å². The molecule has 0 heterocycles. The molecule has 1 rings (SSSR count). The Morgan fingerprint density at radius 2 is 1.89 bits per heavy atom. The molecule has 1 aromatic carbocycles. The summed E-state index contributed by atoms with van der Waals surface area (Å²) in [6.07, 6.45) is 2.58. The first-order valence-corrected chi connectivity index (χ1v) is 8.06. The highest BCUT2D eigenvalue weighted by molar-refractivity contribution is 7.98. The second-order valence-electron chi connectivity index (χ2n) is 3.84. The van der Waals surface area contributed by atoms with Crippen molar-refractivity contribution in [2.45, 2.75) is 29.2 Å². The molecule has 0 bridgehead atoms. The van der Waals surface area contributed by atoms with Crippen molar-refractivity contribution in [2.75, 3.05) is 12.8 Å². The predicted molar refractivity (Wildman–Crippen MR) is 78.9 cm³/mol. The van der Waals surface area contributed by atoms with Gasteiger partial charge in [0.25, 0.3) is 0 Å². The topological polar surface area (TPSA) is 72.2 Å². The number of thioether (sulfide) groups is 1. The summed E-state index contributed by atoms with van der Waals surface area (Å²) in [5.74, 6) is 0. The Bertz CT molecular complexity index is 447. The lowest BCUT2D eigenvalue weighted by atomic mass is 10.3. The van der Waals surface area contributed by atoms with E-state index in [1.165, 1.54) is 0 Å². The third kappa shape index (κ3) is 5.58. The third-order valence-corrected chi connectivity index (χ3v) is 4.48. The summed E-state index contributed by atoms with van der Waals surface area (Å²) < 4.78 is 26.2. The van der Waals surface area contributed by atoms with Crippen LogP contribution in [0.15, 0.2) is 34.1 Å². The first kappa shape index (κ1) is 17.7. The van der Waals surface area contributed by atoms with Gasteiger partial charge in [0.1, 0.15) is 0 Å². The second kappa shape index (κ2) is 8.01. The summed E-state index contributed by atoms with van der Waals surface area (Å²) in [6.45, 7) is 2.21. The molecule has 0 fully saturated rings. The van der Waals surface area contributed by atoms with E-state index in [9.17, 15) is 8.42 Å². The van der Waals surface area contributed by atoms with Gasteiger partial charge in [-0.3, -0.25) is 0 Å². The Balaban J connectivity index is 0.00000289. The first-order valence-electron chi connectivity index (χ1n) is 5.35. The molecule has 0 radical (unpaired) electrons. The molecular formula is C11H19ClN2O2S2. The highest BCUT2D eigenvalue weighted by atomic mass is 35.5. The van der Waals surface area contributed by atoms with Crippen molar-refractivity contribution in [1.82, 2.24) is 4.72 Å². The molecular weight excluding hydrogens is 292 g/mol. The number of hydrogen-bond donors (Lipinski definition) is 2. The van der Waals surface area contributed by atoms with Crippen LogP contribution in [0.2, 0.25) is 0 Å². The zero-order valence-corrected chi connectivity index (χ0v) is 12.9. The van der Waals surface area contributed by atoms with Gasteiger partial charge in [0.15, 0.2) is 0 Å². The van der Waals surface area contributed by atoms with Gasteiger partial charge in [-0.2, -0.15) is 0 Å². The average molecular weight is 311 g/mol. The van der Waals surface area contributed by atoms with Gasteiger partial charge in [0, 0.05) is 17.5 Å². The zero-order chi connectivity index (χ0) is 12.9. The molecule has 0 aromatic heterocycles. The maximum absolute atomic E-state index is 11.9. The molecule has 0 spiro atoms. The molecule has 0 amide bonds. The van der Waals surface area contributed by atoms with Crippen LogP contribution in [0.5, 0.6) is 0 Å². The molecule has 0 aliphatic rings. The van der Waals surface area contributed by atoms with E-state index in [2.05, 4.69) is 4.72 Å². The zero-order valence-electron chi connectivity index (χ0n) is 10.4. The summed E-state index contributed by atoms with van der Waals surface area (Å²) >= 11 is 1.58. The van der Waals surface area contributed by atoms with Crippen molar-refractivity contribution in [3.05, 3.63) is 24.3 Å². The van der Waals surface area contributed by atoms with Gasteiger partial charge in [-0.25, -0.2) is 13.1 Å². The number of nitrogens with two attached hydrogens (primary N) is 1. The van der Waals surface area contributed by atoms with Crippen LogP contribution in [-0.2, 0) is 10.0 Å². The summed E-state index contributed by atoms with van der Waals surface area (Å²) in [5.41, 5.74) is 5.56. The number of nitrogens with one attached hydrogen (secondary N) is 1. The molecule has 0 aliphatic carbocycles. The fraction of sp³-hybridized carbons (Fsp3) is 0.455. The molecule has 0 aliphatic heterocycles. The van der Waals surface area contributed by atoms with Crippen molar-refractivity contribution in [1.29, 1.82) is 0 Å². The van der Waals surface area contributed by atoms with Crippen LogP contribution in [-0.4, -0.2) is 27.3 Å². The Labute approximate surface area is 119 Å². The monoisotopic (exact) mass is 310 g/mol. The second-order valence-corrected chi connectivity index (χ2v) is 6.49. The van der Waals surface area contributed by atoms with E-state index >= 15 is 0 Å². The Kier molecular flexibility index (Phi) is 7.89. The number of benzene rings is 1. The van der Waals surface area contributed by atoms with Crippen molar-refractivity contribution in [3.8, 4) is 0 Å². The largest absolute Gasteiger partial charge is 0.328 e. The van der Waals surface area contributed by atoms with Crippen molar-refractivity contribution in [3.63, 3.8) is 0 Å². The first-order chi connectivity index (χ1) is 7.95. The molecule has 1 aromatic rings. The van der Waals surface area contributed by atoms with Gasteiger partial charge in [-0.15, -0.1) is 24.2 Å². The van der Waals surface area contributed by atoms with E-state index in [0.29, 0.717) is 17.9 Å². The summed E-state index contributed by atoms with van der Waals surface area (Å²) in [7, 11) is -3.40.